The molecular weight excluding hydrogens is 271 g/mol. The summed E-state index contributed by atoms with van der Waals surface area (Å²) in [5.74, 6) is -1.41. The van der Waals surface area contributed by atoms with E-state index in [-0.39, 0.29) is 11.3 Å². The highest BCUT2D eigenvalue weighted by Crippen LogP contribution is 2.22. The van der Waals surface area contributed by atoms with Crippen LogP contribution in [0, 0.1) is 5.82 Å². The molecule has 3 rings (SSSR count). The molecule has 0 fully saturated rings. The van der Waals surface area contributed by atoms with E-state index in [0.29, 0.717) is 5.69 Å². The molecule has 0 aromatic heterocycles. The molecule has 1 aliphatic rings. The number of carbonyl (C=O) groups is 1. The number of hydrogen-bond donors (Lipinski definition) is 3. The van der Waals surface area contributed by atoms with Crippen molar-refractivity contribution >= 4 is 11.6 Å². The SMILES string of the molecule is O=C(Nc1ccc2c(c1)CNCC2)c1ccc(F)cc1O. The van der Waals surface area contributed by atoms with E-state index in [0.717, 1.165) is 37.2 Å². The molecule has 1 heterocycles. The van der Waals surface area contributed by atoms with E-state index in [1.807, 2.05) is 18.2 Å². The smallest absolute Gasteiger partial charge is 0.259 e. The Labute approximate surface area is 121 Å². The maximum absolute atomic E-state index is 12.9. The van der Waals surface area contributed by atoms with Crippen LogP contribution in [0.4, 0.5) is 10.1 Å². The first-order valence-electron chi connectivity index (χ1n) is 6.76. The lowest BCUT2D eigenvalue weighted by Gasteiger charge is -2.18. The summed E-state index contributed by atoms with van der Waals surface area (Å²) in [4.78, 5) is 12.1. The molecule has 0 saturated carbocycles. The highest BCUT2D eigenvalue weighted by Gasteiger charge is 2.14. The van der Waals surface area contributed by atoms with Gasteiger partial charge < -0.3 is 15.7 Å². The topological polar surface area (TPSA) is 61.4 Å². The number of nitrogens with one attached hydrogen (secondary N) is 2. The molecule has 21 heavy (non-hydrogen) atoms. The van der Waals surface area contributed by atoms with Crippen LogP contribution in [0.5, 0.6) is 5.75 Å². The molecule has 0 atom stereocenters. The molecule has 0 saturated heterocycles. The number of rotatable bonds is 2. The molecule has 1 amide bonds. The van der Waals surface area contributed by atoms with Gasteiger partial charge in [-0.15, -0.1) is 0 Å². The first-order chi connectivity index (χ1) is 10.1. The summed E-state index contributed by atoms with van der Waals surface area (Å²) < 4.78 is 12.9. The van der Waals surface area contributed by atoms with Crippen LogP contribution >= 0.6 is 0 Å². The van der Waals surface area contributed by atoms with E-state index < -0.39 is 11.7 Å². The molecule has 0 unspecified atom stereocenters. The number of carbonyl (C=O) groups excluding carboxylic acids is 1. The van der Waals surface area contributed by atoms with E-state index in [1.54, 1.807) is 0 Å². The van der Waals surface area contributed by atoms with Crippen molar-refractivity contribution in [1.82, 2.24) is 5.32 Å². The Hall–Kier alpha value is -2.40. The van der Waals surface area contributed by atoms with Gasteiger partial charge in [0, 0.05) is 18.3 Å². The van der Waals surface area contributed by atoms with Gasteiger partial charge in [0.1, 0.15) is 11.6 Å². The van der Waals surface area contributed by atoms with Gasteiger partial charge in [-0.1, -0.05) is 6.07 Å². The van der Waals surface area contributed by atoms with Crippen LogP contribution in [-0.4, -0.2) is 17.6 Å². The Balaban J connectivity index is 1.81. The zero-order chi connectivity index (χ0) is 14.8. The highest BCUT2D eigenvalue weighted by atomic mass is 19.1. The van der Waals surface area contributed by atoms with Crippen molar-refractivity contribution in [3.05, 3.63) is 58.9 Å². The summed E-state index contributed by atoms with van der Waals surface area (Å²) in [5, 5.41) is 15.6. The number of phenols is 1. The first-order valence-corrected chi connectivity index (χ1v) is 6.76. The Kier molecular flexibility index (Phi) is 3.58. The number of amides is 1. The standard InChI is InChI=1S/C16H15FN2O2/c17-12-2-4-14(15(20)8-12)16(21)19-13-3-1-10-5-6-18-9-11(10)7-13/h1-4,7-8,18,20H,5-6,9H2,(H,19,21). The second kappa shape index (κ2) is 5.54. The van der Waals surface area contributed by atoms with Crippen molar-refractivity contribution < 1.29 is 14.3 Å². The third-order valence-electron chi connectivity index (χ3n) is 3.56. The molecule has 0 spiro atoms. The Morgan fingerprint density at radius 1 is 1.19 bits per heavy atom. The van der Waals surface area contributed by atoms with Crippen LogP contribution < -0.4 is 10.6 Å². The predicted molar refractivity (Wildman–Crippen MR) is 77.9 cm³/mol. The van der Waals surface area contributed by atoms with Gasteiger partial charge in [-0.2, -0.15) is 0 Å². The minimum atomic E-state index is -0.580. The van der Waals surface area contributed by atoms with Crippen LogP contribution in [0.3, 0.4) is 0 Å². The van der Waals surface area contributed by atoms with E-state index in [4.69, 9.17) is 0 Å². The molecule has 0 bridgehead atoms. The minimum Gasteiger partial charge on any atom is -0.507 e. The number of hydrogen-bond acceptors (Lipinski definition) is 3. The lowest BCUT2D eigenvalue weighted by molar-refractivity contribution is 0.102. The average molecular weight is 286 g/mol. The third-order valence-corrected chi connectivity index (χ3v) is 3.56. The van der Waals surface area contributed by atoms with Crippen LogP contribution in [0.15, 0.2) is 36.4 Å². The summed E-state index contributed by atoms with van der Waals surface area (Å²) in [6.45, 7) is 1.74. The van der Waals surface area contributed by atoms with Crippen molar-refractivity contribution in [1.29, 1.82) is 0 Å². The summed E-state index contributed by atoms with van der Waals surface area (Å²) >= 11 is 0. The second-order valence-corrected chi connectivity index (χ2v) is 5.03. The fourth-order valence-corrected chi connectivity index (χ4v) is 2.45. The zero-order valence-corrected chi connectivity index (χ0v) is 11.3. The number of aromatic hydroxyl groups is 1. The third kappa shape index (κ3) is 2.87. The molecule has 3 N–H and O–H groups in total. The lowest BCUT2D eigenvalue weighted by atomic mass is 10.0. The summed E-state index contributed by atoms with van der Waals surface area (Å²) in [6.07, 6.45) is 0.975. The van der Waals surface area contributed by atoms with Gasteiger partial charge in [0.25, 0.3) is 5.91 Å². The largest absolute Gasteiger partial charge is 0.507 e. The molecular formula is C16H15FN2O2. The van der Waals surface area contributed by atoms with Crippen molar-refractivity contribution in [3.63, 3.8) is 0 Å². The van der Waals surface area contributed by atoms with E-state index in [1.165, 1.54) is 11.6 Å². The van der Waals surface area contributed by atoms with Gasteiger partial charge in [0.05, 0.1) is 5.56 Å². The second-order valence-electron chi connectivity index (χ2n) is 5.03. The number of fused-ring (bicyclic) bond motifs is 1. The van der Waals surface area contributed by atoms with Gasteiger partial charge in [-0.25, -0.2) is 4.39 Å². The van der Waals surface area contributed by atoms with Gasteiger partial charge in [0.2, 0.25) is 0 Å². The van der Waals surface area contributed by atoms with Gasteiger partial charge in [-0.3, -0.25) is 4.79 Å². The van der Waals surface area contributed by atoms with Crippen LogP contribution in [0.25, 0.3) is 0 Å². The number of anilines is 1. The monoisotopic (exact) mass is 286 g/mol. The van der Waals surface area contributed by atoms with Gasteiger partial charge in [-0.05, 0) is 48.4 Å². The Morgan fingerprint density at radius 3 is 2.86 bits per heavy atom. The van der Waals surface area contributed by atoms with E-state index in [9.17, 15) is 14.3 Å². The number of halogens is 1. The maximum atomic E-state index is 12.9. The van der Waals surface area contributed by atoms with Crippen molar-refractivity contribution in [3.8, 4) is 5.75 Å². The van der Waals surface area contributed by atoms with Gasteiger partial charge in [0.15, 0.2) is 0 Å². The van der Waals surface area contributed by atoms with E-state index >= 15 is 0 Å². The molecule has 2 aromatic rings. The van der Waals surface area contributed by atoms with Crippen molar-refractivity contribution in [2.45, 2.75) is 13.0 Å². The first kappa shape index (κ1) is 13.6. The van der Waals surface area contributed by atoms with Crippen LogP contribution in [0.2, 0.25) is 0 Å². The molecule has 0 radical (unpaired) electrons. The van der Waals surface area contributed by atoms with E-state index in [2.05, 4.69) is 10.6 Å². The summed E-state index contributed by atoms with van der Waals surface area (Å²) in [5.41, 5.74) is 3.14. The van der Waals surface area contributed by atoms with Crippen molar-refractivity contribution in [2.75, 3.05) is 11.9 Å². The molecule has 5 heteroatoms. The maximum Gasteiger partial charge on any atom is 0.259 e. The predicted octanol–water partition coefficient (Wildman–Crippen LogP) is 2.43. The Morgan fingerprint density at radius 2 is 2.05 bits per heavy atom. The lowest BCUT2D eigenvalue weighted by Crippen LogP contribution is -2.23. The molecule has 4 nitrogen and oxygen atoms in total. The minimum absolute atomic E-state index is 0.0484. The number of phenolic OH excluding ortho intramolecular Hbond substituents is 1. The summed E-state index contributed by atoms with van der Waals surface area (Å²) in [6, 6.07) is 9.08. The quantitative estimate of drug-likeness (QED) is 0.794. The van der Waals surface area contributed by atoms with Crippen LogP contribution in [0.1, 0.15) is 21.5 Å². The van der Waals surface area contributed by atoms with Crippen LogP contribution in [-0.2, 0) is 13.0 Å². The molecule has 108 valence electrons. The normalized spacial score (nSPS) is 13.6. The molecule has 1 aliphatic heterocycles. The molecule has 2 aromatic carbocycles. The average Bonchev–Trinajstić information content (AvgIpc) is 2.47. The van der Waals surface area contributed by atoms with Crippen molar-refractivity contribution in [2.24, 2.45) is 0 Å². The highest BCUT2D eigenvalue weighted by molar-refractivity contribution is 6.06. The fourth-order valence-electron chi connectivity index (χ4n) is 2.45. The summed E-state index contributed by atoms with van der Waals surface area (Å²) in [7, 11) is 0. The number of benzene rings is 2. The fraction of sp³-hybridized carbons (Fsp3) is 0.188. The zero-order valence-electron chi connectivity index (χ0n) is 11.3. The van der Waals surface area contributed by atoms with Gasteiger partial charge >= 0.3 is 0 Å². The Bertz CT molecular complexity index is 701. The molecule has 0 aliphatic carbocycles.